The fraction of sp³-hybridized carbons (Fsp3) is 0.517. The van der Waals surface area contributed by atoms with Crippen LogP contribution in [0.25, 0.3) is 31.9 Å². The molecule has 3 aromatic heterocycles. The highest BCUT2D eigenvalue weighted by Crippen LogP contribution is 2.41. The summed E-state index contributed by atoms with van der Waals surface area (Å²) < 4.78 is 63.4. The molecule has 3 fully saturated rings. The number of carbonyl (C=O) groups is 1. The third-order valence-electron chi connectivity index (χ3n) is 8.85. The molecule has 248 valence electrons. The van der Waals surface area contributed by atoms with E-state index < -0.39 is 27.1 Å². The molecule has 14 nitrogen and oxygen atoms in total. The molecule has 1 amide bonds. The Morgan fingerprint density at radius 2 is 1.89 bits per heavy atom. The molecule has 2 unspecified atom stereocenters. The van der Waals surface area contributed by atoms with E-state index in [9.17, 15) is 22.0 Å². The number of nitrogens with zero attached hydrogens (tertiary/aromatic N) is 9. The monoisotopic (exact) mass is 686 g/mol. The quantitative estimate of drug-likeness (QED) is 0.275. The summed E-state index contributed by atoms with van der Waals surface area (Å²) in [5.41, 5.74) is -0.450. The highest BCUT2D eigenvalue weighted by molar-refractivity contribution is 7.89. The molecule has 47 heavy (non-hydrogen) atoms. The molecule has 0 spiro atoms. The average Bonchev–Trinajstić information content (AvgIpc) is 3.48. The molecule has 2 atom stereocenters. The summed E-state index contributed by atoms with van der Waals surface area (Å²) in [4.78, 5) is 32.0. The van der Waals surface area contributed by atoms with E-state index in [2.05, 4.69) is 39.5 Å². The highest BCUT2D eigenvalue weighted by atomic mass is 32.2. The number of hydrogen-bond donors (Lipinski definition) is 1. The number of halogens is 2. The van der Waals surface area contributed by atoms with Gasteiger partial charge in [-0.1, -0.05) is 17.4 Å². The molecule has 2 saturated heterocycles. The van der Waals surface area contributed by atoms with Crippen molar-refractivity contribution in [3.05, 3.63) is 41.0 Å². The molecule has 4 aromatic rings. The lowest BCUT2D eigenvalue weighted by Gasteiger charge is -2.45. The predicted octanol–water partition coefficient (Wildman–Crippen LogP) is 2.81. The van der Waals surface area contributed by atoms with Gasteiger partial charge in [-0.2, -0.15) is 0 Å². The Balaban J connectivity index is 1.29. The van der Waals surface area contributed by atoms with Crippen LogP contribution in [0.2, 0.25) is 0 Å². The van der Waals surface area contributed by atoms with Crippen LogP contribution in [0.4, 0.5) is 14.6 Å². The van der Waals surface area contributed by atoms with Crippen molar-refractivity contribution < 1.29 is 26.7 Å². The first kappa shape index (κ1) is 31.7. The van der Waals surface area contributed by atoms with Crippen molar-refractivity contribution in [2.75, 3.05) is 50.8 Å². The van der Waals surface area contributed by atoms with Crippen molar-refractivity contribution in [1.82, 2.24) is 39.3 Å². The molecule has 1 aromatic carbocycles. The number of carbonyl (C=O) groups excluding carboxylic acids is 1. The summed E-state index contributed by atoms with van der Waals surface area (Å²) >= 11 is 0.681. The molecule has 1 saturated carbocycles. The average molecular weight is 687 g/mol. The number of anilines is 1. The smallest absolute Gasteiger partial charge is 0.299 e. The van der Waals surface area contributed by atoms with E-state index in [1.807, 2.05) is 18.7 Å². The van der Waals surface area contributed by atoms with E-state index in [0.717, 1.165) is 0 Å². The van der Waals surface area contributed by atoms with Crippen LogP contribution in [0.3, 0.4) is 0 Å². The Bertz CT molecular complexity index is 1990. The van der Waals surface area contributed by atoms with E-state index in [1.165, 1.54) is 23.0 Å². The van der Waals surface area contributed by atoms with Crippen molar-refractivity contribution in [2.45, 2.75) is 55.8 Å². The lowest BCUT2D eigenvalue weighted by Crippen LogP contribution is -2.60. The number of rotatable bonds is 8. The lowest BCUT2D eigenvalue weighted by atomic mass is 10.1. The molecule has 1 N–H and O–H groups in total. The van der Waals surface area contributed by atoms with Crippen molar-refractivity contribution >= 4 is 55.0 Å². The van der Waals surface area contributed by atoms with Gasteiger partial charge in [-0.25, -0.2) is 33.7 Å². The highest BCUT2D eigenvalue weighted by Gasteiger charge is 2.54. The number of alkyl halides is 2. The Kier molecular flexibility index (Phi) is 8.07. The maximum atomic E-state index is 13.6. The molecule has 1 aliphatic carbocycles. The van der Waals surface area contributed by atoms with Crippen LogP contribution in [0, 0.1) is 6.57 Å². The molecule has 3 aliphatic rings. The number of morpholine rings is 1. The number of fused-ring (bicyclic) bond motifs is 3. The third-order valence-corrected chi connectivity index (χ3v) is 11.3. The molecular formula is C29H32F2N10O4S2. The van der Waals surface area contributed by atoms with Crippen LogP contribution in [0.1, 0.15) is 38.1 Å². The van der Waals surface area contributed by atoms with Crippen LogP contribution in [-0.4, -0.2) is 113 Å². The van der Waals surface area contributed by atoms with E-state index in [1.54, 1.807) is 6.07 Å². The standard InChI is InChI=1S/C29H32F2N10O4S2/c1-17-13-39(14-18(2)40(17)22(42)15-38-8-10-45-11-9-38)25-23-20-5-4-19(47(43,44)37-29(32-3)6-7-29)12-21(20)41(26(23)34-16-33-25)28-36-35-27(46-28)24(30)31/h4-5,12,16-18,24,37H,6-11,13-15H2,1-2H3. The van der Waals surface area contributed by atoms with Crippen molar-refractivity contribution in [1.29, 1.82) is 0 Å². The number of amides is 1. The summed E-state index contributed by atoms with van der Waals surface area (Å²) in [6, 6.07) is 4.21. The minimum absolute atomic E-state index is 0.0515. The van der Waals surface area contributed by atoms with Gasteiger partial charge >= 0.3 is 0 Å². The number of sulfonamides is 1. The fourth-order valence-electron chi connectivity index (χ4n) is 6.49. The van der Waals surface area contributed by atoms with Gasteiger partial charge in [0.25, 0.3) is 12.1 Å². The fourth-order valence-corrected chi connectivity index (χ4v) is 8.59. The Labute approximate surface area is 273 Å². The van der Waals surface area contributed by atoms with Crippen LogP contribution in [0.15, 0.2) is 29.4 Å². The summed E-state index contributed by atoms with van der Waals surface area (Å²) in [6.07, 6.45) is -0.629. The summed E-state index contributed by atoms with van der Waals surface area (Å²) in [7, 11) is -4.10. The molecule has 5 heterocycles. The minimum Gasteiger partial charge on any atom is -0.379 e. The molecule has 0 radical (unpaired) electrons. The molecule has 0 bridgehead atoms. The van der Waals surface area contributed by atoms with Gasteiger partial charge in [-0.15, -0.1) is 14.9 Å². The van der Waals surface area contributed by atoms with Crippen LogP contribution < -0.4 is 9.62 Å². The molecule has 2 aliphatic heterocycles. The van der Waals surface area contributed by atoms with Gasteiger partial charge in [0.1, 0.15) is 12.1 Å². The van der Waals surface area contributed by atoms with Crippen LogP contribution in [-0.2, 0) is 19.6 Å². The normalized spacial score (nSPS) is 21.9. The number of hydrogen-bond acceptors (Lipinski definition) is 11. The van der Waals surface area contributed by atoms with E-state index in [0.29, 0.717) is 97.9 Å². The van der Waals surface area contributed by atoms with Gasteiger partial charge in [0.15, 0.2) is 10.7 Å². The molecule has 7 rings (SSSR count). The second kappa shape index (κ2) is 12.0. The zero-order valence-electron chi connectivity index (χ0n) is 25.6. The van der Waals surface area contributed by atoms with E-state index in [4.69, 9.17) is 11.3 Å². The zero-order chi connectivity index (χ0) is 33.1. The van der Waals surface area contributed by atoms with Crippen molar-refractivity contribution in [3.8, 4) is 5.13 Å². The van der Waals surface area contributed by atoms with Crippen molar-refractivity contribution in [3.63, 3.8) is 0 Å². The Hall–Kier alpha value is -3.89. The zero-order valence-corrected chi connectivity index (χ0v) is 27.3. The van der Waals surface area contributed by atoms with Crippen LogP contribution in [0.5, 0.6) is 0 Å². The third kappa shape index (κ3) is 5.80. The molecular weight excluding hydrogens is 655 g/mol. The number of ether oxygens (including phenoxy) is 1. The Morgan fingerprint density at radius 3 is 2.53 bits per heavy atom. The van der Waals surface area contributed by atoms with Crippen molar-refractivity contribution in [2.24, 2.45) is 0 Å². The van der Waals surface area contributed by atoms with E-state index >= 15 is 0 Å². The number of benzene rings is 1. The minimum atomic E-state index is -4.10. The SMILES string of the molecule is [C-]#[N+]C1(NS(=O)(=O)c2ccc3c4c(N5CC(C)N(C(=O)CN6CCOCC6)C(C)C5)ncnc4n(-c4nnc(C(F)F)s4)c3c2)CC1. The number of nitrogens with one attached hydrogen (secondary N) is 1. The maximum absolute atomic E-state index is 13.6. The van der Waals surface area contributed by atoms with Gasteiger partial charge in [0.2, 0.25) is 21.1 Å². The summed E-state index contributed by atoms with van der Waals surface area (Å²) in [5.74, 6) is 0.616. The Morgan fingerprint density at radius 1 is 1.17 bits per heavy atom. The van der Waals surface area contributed by atoms with Gasteiger partial charge in [0, 0.05) is 43.6 Å². The van der Waals surface area contributed by atoms with Gasteiger partial charge in [-0.05, 0) is 26.0 Å². The van der Waals surface area contributed by atoms with Gasteiger partial charge in [0.05, 0.1) is 48.4 Å². The first-order valence-electron chi connectivity index (χ1n) is 15.2. The van der Waals surface area contributed by atoms with E-state index in [-0.39, 0.29) is 28.0 Å². The largest absolute Gasteiger partial charge is 0.379 e. The first-order chi connectivity index (χ1) is 22.5. The van der Waals surface area contributed by atoms with Crippen LogP contribution >= 0.6 is 11.3 Å². The summed E-state index contributed by atoms with van der Waals surface area (Å²) in [6.45, 7) is 15.3. The second-order valence-corrected chi connectivity index (χ2v) is 14.8. The number of aromatic nitrogens is 5. The number of piperazine rings is 1. The predicted molar refractivity (Wildman–Crippen MR) is 169 cm³/mol. The topological polar surface area (TPSA) is 143 Å². The first-order valence-corrected chi connectivity index (χ1v) is 17.5. The van der Waals surface area contributed by atoms with Gasteiger partial charge in [-0.3, -0.25) is 19.1 Å². The van der Waals surface area contributed by atoms with Gasteiger partial charge < -0.3 is 14.5 Å². The second-order valence-electron chi connectivity index (χ2n) is 12.2. The maximum Gasteiger partial charge on any atom is 0.299 e. The molecule has 18 heteroatoms. The summed E-state index contributed by atoms with van der Waals surface area (Å²) in [5, 5.41) is 8.44. The lowest BCUT2D eigenvalue weighted by molar-refractivity contribution is -0.138.